The molecule has 2 rings (SSSR count). The minimum absolute atomic E-state index is 0.173. The van der Waals surface area contributed by atoms with E-state index in [2.05, 4.69) is 10.2 Å². The van der Waals surface area contributed by atoms with E-state index in [1.165, 1.54) is 11.7 Å². The Morgan fingerprint density at radius 2 is 1.90 bits per heavy atom. The van der Waals surface area contributed by atoms with Crippen LogP contribution in [-0.2, 0) is 9.05 Å². The highest BCUT2D eigenvalue weighted by molar-refractivity contribution is 8.13. The molecule has 1 aromatic heterocycles. The summed E-state index contributed by atoms with van der Waals surface area (Å²) in [7, 11) is 2.97. The molecule has 0 amide bonds. The Kier molecular flexibility index (Phi) is 4.01. The van der Waals surface area contributed by atoms with Crippen molar-refractivity contribution in [1.29, 1.82) is 0 Å². The third-order valence-corrected chi connectivity index (χ3v) is 3.88. The van der Waals surface area contributed by atoms with Crippen molar-refractivity contribution in [3.8, 4) is 17.1 Å². The zero-order chi connectivity index (χ0) is 14.9. The molecule has 0 N–H and O–H groups in total. The smallest absolute Gasteiger partial charge is 0.296 e. The lowest BCUT2D eigenvalue weighted by atomic mass is 10.2. The molecule has 0 spiro atoms. The van der Waals surface area contributed by atoms with Gasteiger partial charge < -0.3 is 4.74 Å². The fraction of sp³-hybridized carbons (Fsp3) is 0.333. The van der Waals surface area contributed by atoms with Crippen molar-refractivity contribution >= 4 is 19.7 Å². The molecule has 0 bridgehead atoms. The number of para-hydroxylation sites is 1. The van der Waals surface area contributed by atoms with Gasteiger partial charge in [-0.05, 0) is 26.0 Å². The summed E-state index contributed by atoms with van der Waals surface area (Å²) in [5, 5.41) is 7.38. The number of hydrogen-bond acceptors (Lipinski definition) is 5. The monoisotopic (exact) mass is 315 g/mol. The summed E-state index contributed by atoms with van der Waals surface area (Å²) in [4.78, 5) is 0. The van der Waals surface area contributed by atoms with Crippen LogP contribution in [0.1, 0.15) is 19.9 Å². The molecule has 0 fully saturated rings. The molecule has 0 aliphatic heterocycles. The number of nitrogens with zero attached hydrogens (tertiary/aromatic N) is 3. The largest absolute Gasteiger partial charge is 0.496 e. The zero-order valence-corrected chi connectivity index (χ0v) is 12.8. The number of rotatable bonds is 4. The van der Waals surface area contributed by atoms with E-state index in [0.717, 1.165) is 0 Å². The molecule has 20 heavy (non-hydrogen) atoms. The van der Waals surface area contributed by atoms with Gasteiger partial charge in [-0.15, -0.1) is 10.2 Å². The van der Waals surface area contributed by atoms with Crippen molar-refractivity contribution in [2.45, 2.75) is 25.0 Å². The van der Waals surface area contributed by atoms with Gasteiger partial charge in [0.05, 0.1) is 12.7 Å². The topological polar surface area (TPSA) is 74.1 Å². The highest BCUT2D eigenvalue weighted by Gasteiger charge is 2.26. The molecule has 0 aliphatic rings. The van der Waals surface area contributed by atoms with Gasteiger partial charge in [-0.1, -0.05) is 12.1 Å². The van der Waals surface area contributed by atoms with E-state index in [4.69, 9.17) is 15.4 Å². The quantitative estimate of drug-likeness (QED) is 0.810. The van der Waals surface area contributed by atoms with Crippen LogP contribution in [0.3, 0.4) is 0 Å². The number of aromatic nitrogens is 3. The lowest BCUT2D eigenvalue weighted by Crippen LogP contribution is -2.10. The first-order valence-electron chi connectivity index (χ1n) is 5.89. The molecule has 0 aliphatic carbocycles. The van der Waals surface area contributed by atoms with Crippen LogP contribution in [0.2, 0.25) is 0 Å². The summed E-state index contributed by atoms with van der Waals surface area (Å²) in [6.45, 7) is 3.65. The van der Waals surface area contributed by atoms with Gasteiger partial charge in [0.15, 0.2) is 5.82 Å². The van der Waals surface area contributed by atoms with Crippen LogP contribution < -0.4 is 4.74 Å². The van der Waals surface area contributed by atoms with E-state index in [-0.39, 0.29) is 11.2 Å². The number of hydrogen-bond donors (Lipinski definition) is 0. The molecule has 6 nitrogen and oxygen atoms in total. The fourth-order valence-electron chi connectivity index (χ4n) is 1.92. The van der Waals surface area contributed by atoms with Crippen LogP contribution in [-0.4, -0.2) is 30.3 Å². The number of benzene rings is 1. The van der Waals surface area contributed by atoms with Crippen LogP contribution in [0.4, 0.5) is 0 Å². The normalized spacial score (nSPS) is 11.8. The number of methoxy groups -OCH3 is 1. The van der Waals surface area contributed by atoms with Gasteiger partial charge in [0.1, 0.15) is 5.75 Å². The number of ether oxygens (including phenoxy) is 1. The maximum absolute atomic E-state index is 11.6. The van der Waals surface area contributed by atoms with Gasteiger partial charge in [-0.25, -0.2) is 8.42 Å². The van der Waals surface area contributed by atoms with Gasteiger partial charge in [-0.3, -0.25) is 4.57 Å². The van der Waals surface area contributed by atoms with Gasteiger partial charge in [-0.2, -0.15) is 0 Å². The minimum Gasteiger partial charge on any atom is -0.496 e. The van der Waals surface area contributed by atoms with Crippen molar-refractivity contribution in [3.05, 3.63) is 24.3 Å². The van der Waals surface area contributed by atoms with Crippen molar-refractivity contribution in [2.75, 3.05) is 7.11 Å². The van der Waals surface area contributed by atoms with Crippen molar-refractivity contribution in [2.24, 2.45) is 0 Å². The average Bonchev–Trinajstić information content (AvgIpc) is 2.83. The maximum Gasteiger partial charge on any atom is 0.296 e. The van der Waals surface area contributed by atoms with Crippen molar-refractivity contribution in [3.63, 3.8) is 0 Å². The highest BCUT2D eigenvalue weighted by atomic mass is 35.7. The maximum atomic E-state index is 11.6. The summed E-state index contributed by atoms with van der Waals surface area (Å²) in [5.74, 6) is 0.983. The lowest BCUT2D eigenvalue weighted by molar-refractivity contribution is 0.415. The van der Waals surface area contributed by atoms with Gasteiger partial charge >= 0.3 is 0 Å². The molecule has 0 unspecified atom stereocenters. The Hall–Kier alpha value is -1.60. The molecular formula is C12H14ClN3O3S. The Balaban J connectivity index is 2.73. The minimum atomic E-state index is -3.96. The van der Waals surface area contributed by atoms with E-state index in [9.17, 15) is 8.42 Å². The molecule has 1 aromatic carbocycles. The summed E-state index contributed by atoms with van der Waals surface area (Å²) in [6.07, 6.45) is 0. The van der Waals surface area contributed by atoms with Crippen LogP contribution in [0.25, 0.3) is 11.4 Å². The highest BCUT2D eigenvalue weighted by Crippen LogP contribution is 2.32. The standard InChI is InChI=1S/C12H14ClN3O3S/c1-8(2)16-11(14-15-12(16)20(13,17)18)9-6-4-5-7-10(9)19-3/h4-8H,1-3H3. The summed E-state index contributed by atoms with van der Waals surface area (Å²) < 4.78 is 29.9. The second-order valence-corrected chi connectivity index (χ2v) is 6.87. The van der Waals surface area contributed by atoms with Crippen LogP contribution in [0.15, 0.2) is 29.4 Å². The number of halogens is 1. The van der Waals surface area contributed by atoms with Crippen LogP contribution >= 0.6 is 10.7 Å². The van der Waals surface area contributed by atoms with Gasteiger partial charge in [0.2, 0.25) is 0 Å². The molecule has 0 saturated heterocycles. The Morgan fingerprint density at radius 3 is 2.45 bits per heavy atom. The molecule has 0 radical (unpaired) electrons. The fourth-order valence-corrected chi connectivity index (χ4v) is 2.91. The zero-order valence-electron chi connectivity index (χ0n) is 11.2. The molecule has 8 heteroatoms. The predicted molar refractivity (Wildman–Crippen MR) is 75.4 cm³/mol. The van der Waals surface area contributed by atoms with E-state index in [1.54, 1.807) is 12.1 Å². The molecule has 2 aromatic rings. The summed E-state index contributed by atoms with van der Waals surface area (Å²) >= 11 is 0. The van der Waals surface area contributed by atoms with Gasteiger partial charge in [0, 0.05) is 16.7 Å². The van der Waals surface area contributed by atoms with Crippen LogP contribution in [0.5, 0.6) is 5.75 Å². The third-order valence-electron chi connectivity index (χ3n) is 2.75. The molecule has 1 heterocycles. The first-order chi connectivity index (χ1) is 9.36. The Bertz CT molecular complexity index is 725. The Labute approximate surface area is 121 Å². The molecular weight excluding hydrogens is 302 g/mol. The van der Waals surface area contributed by atoms with Crippen molar-refractivity contribution in [1.82, 2.24) is 14.8 Å². The second-order valence-electron chi connectivity index (χ2n) is 4.41. The van der Waals surface area contributed by atoms with E-state index in [0.29, 0.717) is 17.1 Å². The first-order valence-corrected chi connectivity index (χ1v) is 8.20. The lowest BCUT2D eigenvalue weighted by Gasteiger charge is -2.14. The first kappa shape index (κ1) is 14.8. The molecule has 0 saturated carbocycles. The summed E-state index contributed by atoms with van der Waals surface area (Å²) in [6, 6.07) is 7.01. The third kappa shape index (κ3) is 2.64. The predicted octanol–water partition coefficient (Wildman–Crippen LogP) is 2.46. The molecule has 108 valence electrons. The van der Waals surface area contributed by atoms with E-state index < -0.39 is 9.05 Å². The average molecular weight is 316 g/mol. The summed E-state index contributed by atoms with van der Waals surface area (Å²) in [5.41, 5.74) is 0.655. The molecule has 0 atom stereocenters. The van der Waals surface area contributed by atoms with E-state index in [1.807, 2.05) is 26.0 Å². The SMILES string of the molecule is COc1ccccc1-c1nnc(S(=O)(=O)Cl)n1C(C)C. The van der Waals surface area contributed by atoms with Crippen LogP contribution in [0, 0.1) is 0 Å². The van der Waals surface area contributed by atoms with Crippen molar-refractivity contribution < 1.29 is 13.2 Å². The second kappa shape index (κ2) is 5.41. The Morgan fingerprint density at radius 1 is 1.25 bits per heavy atom. The van der Waals surface area contributed by atoms with E-state index >= 15 is 0 Å². The van der Waals surface area contributed by atoms with Gasteiger partial charge in [0.25, 0.3) is 14.2 Å².